The van der Waals surface area contributed by atoms with Crippen LogP contribution in [0.25, 0.3) is 0 Å². The molecule has 1 unspecified atom stereocenters. The van der Waals surface area contributed by atoms with Crippen LogP contribution in [0.1, 0.15) is 99.1 Å². The Hall–Kier alpha value is -11.5. The van der Waals surface area contributed by atoms with E-state index < -0.39 is 170 Å². The Bertz CT molecular complexity index is 3800. The number of carbonyl (C=O) groups is 10. The zero-order chi connectivity index (χ0) is 83.7. The van der Waals surface area contributed by atoms with Gasteiger partial charge in [0.15, 0.2) is 18.7 Å². The molecule has 8 rings (SSSR count). The summed E-state index contributed by atoms with van der Waals surface area (Å²) >= 11 is 0. The van der Waals surface area contributed by atoms with Gasteiger partial charge in [-0.05, 0) is 94.8 Å². The maximum Gasteiger partial charge on any atom is 0.407 e. The normalized spacial score (nSPS) is 19.4. The van der Waals surface area contributed by atoms with E-state index in [1.807, 2.05) is 109 Å². The van der Waals surface area contributed by atoms with E-state index >= 15 is 0 Å². The van der Waals surface area contributed by atoms with Gasteiger partial charge in [0, 0.05) is 78.6 Å². The van der Waals surface area contributed by atoms with Gasteiger partial charge in [-0.2, -0.15) is 0 Å². The zero-order valence-corrected chi connectivity index (χ0v) is 65.6. The Morgan fingerprint density at radius 3 is 1.11 bits per heavy atom. The number of carboxylic acids is 1. The highest BCUT2D eigenvalue weighted by Gasteiger charge is 2.54. The van der Waals surface area contributed by atoms with Crippen LogP contribution in [0.2, 0.25) is 0 Å². The van der Waals surface area contributed by atoms with E-state index in [2.05, 4.69) is 21.3 Å². The minimum Gasteiger partial charge on any atom is -0.497 e. The third kappa shape index (κ3) is 25.8. The van der Waals surface area contributed by atoms with Gasteiger partial charge in [-0.1, -0.05) is 109 Å². The van der Waals surface area contributed by atoms with Gasteiger partial charge in [-0.25, -0.2) is 9.59 Å². The molecule has 6 aromatic carbocycles. The number of rotatable bonds is 45. The summed E-state index contributed by atoms with van der Waals surface area (Å²) in [5.74, 6) is -7.06. The molecular weight excluding hydrogens is 1510 g/mol. The molecule has 0 bridgehead atoms. The predicted molar refractivity (Wildman–Crippen MR) is 412 cm³/mol. The number of aliphatic hydroxyl groups excluding tert-OH is 1. The Balaban J connectivity index is 0.764. The molecule has 2 aliphatic heterocycles. The molecule has 2 fully saturated rings. The van der Waals surface area contributed by atoms with Crippen molar-refractivity contribution in [3.63, 3.8) is 0 Å². The Kier molecular flexibility index (Phi) is 34.9. The van der Waals surface area contributed by atoms with Gasteiger partial charge in [0.1, 0.15) is 71.8 Å². The fraction of sp³-hybridized carbons (Fsp3) is 0.446. The fourth-order valence-corrected chi connectivity index (χ4v) is 13.8. The number of carbonyl (C=O) groups excluding carboxylic acids is 9. The minimum atomic E-state index is -1.47. The van der Waals surface area contributed by atoms with Crippen LogP contribution in [-0.4, -0.2) is 213 Å². The topological polar surface area (TPSA) is 450 Å². The van der Waals surface area contributed by atoms with Gasteiger partial charge in [0.25, 0.3) is 0 Å². The Morgan fingerprint density at radius 2 is 0.759 bits per heavy atom. The molecule has 0 radical (unpaired) electrons. The first kappa shape index (κ1) is 90.1. The fourth-order valence-electron chi connectivity index (χ4n) is 13.8. The Labute approximate surface area is 671 Å². The molecule has 33 heteroatoms. The molecule has 10 N–H and O–H groups in total. The summed E-state index contributed by atoms with van der Waals surface area (Å²) < 4.78 is 89.4. The predicted octanol–water partition coefficient (Wildman–Crippen LogP) is 6.00. The second-order valence-corrected chi connectivity index (χ2v) is 27.2. The maximum absolute atomic E-state index is 12.9. The number of amides is 6. The summed E-state index contributed by atoms with van der Waals surface area (Å²) in [5.41, 5.74) is 12.8. The molecule has 0 aliphatic carbocycles. The van der Waals surface area contributed by atoms with Gasteiger partial charge in [0.05, 0.1) is 79.2 Å². The van der Waals surface area contributed by atoms with Crippen LogP contribution in [0.4, 0.5) is 9.59 Å². The molecule has 0 aromatic heterocycles. The van der Waals surface area contributed by atoms with E-state index in [0.29, 0.717) is 56.4 Å². The summed E-state index contributed by atoms with van der Waals surface area (Å²) in [5, 5.41) is 30.9. The van der Waals surface area contributed by atoms with Crippen molar-refractivity contribution < 1.29 is 129 Å². The van der Waals surface area contributed by atoms with Crippen LogP contribution < -0.4 is 51.7 Å². The number of nitrogens with two attached hydrogens (primary N) is 2. The number of esters is 3. The van der Waals surface area contributed by atoms with Gasteiger partial charge >= 0.3 is 36.1 Å². The number of aliphatic hydroxyl groups is 1. The van der Waals surface area contributed by atoms with Gasteiger partial charge in [0.2, 0.25) is 23.6 Å². The van der Waals surface area contributed by atoms with Crippen molar-refractivity contribution in [1.29, 1.82) is 0 Å². The Morgan fingerprint density at radius 1 is 0.422 bits per heavy atom. The van der Waals surface area contributed by atoms with Crippen molar-refractivity contribution in [2.75, 3.05) is 94.3 Å². The van der Waals surface area contributed by atoms with Crippen LogP contribution in [0, 0.1) is 17.8 Å². The summed E-state index contributed by atoms with van der Waals surface area (Å²) in [4.78, 5) is 127. The van der Waals surface area contributed by atoms with Crippen molar-refractivity contribution in [2.45, 2.75) is 126 Å². The number of alkyl carbamates (subject to hydrolysis) is 2. The first-order chi connectivity index (χ1) is 55.8. The monoisotopic (exact) mass is 1610 g/mol. The lowest BCUT2D eigenvalue weighted by Gasteiger charge is -2.46. The van der Waals surface area contributed by atoms with Crippen molar-refractivity contribution in [3.05, 3.63) is 191 Å². The van der Waals surface area contributed by atoms with Crippen molar-refractivity contribution in [3.8, 4) is 23.0 Å². The number of nitrogens with one attached hydrogen (secondary N) is 4. The lowest BCUT2D eigenvalue weighted by atomic mass is 9.78. The SMILES string of the molecule is COc1ccc(C(OC[C@@H]2O[C@@H](OCCCNC(=O)CCNC(=O)OCC(O)COC(=O)NCCC(=O)NCCCO[C@@H]3O[C@H](COC(c4ccccc4)(c4ccc(OC)cc4)c4ccc(OC)cc4)[C@H](OC(C)=O)[C@H](OC(C)=O)[C@H]3CC(N)=O)[C@H](CC(N)=O)[C@H](OC(C)=O)[C@H]2CC(=O)O)(c2ccccc2)c2ccc(OC)cc2)cc1. The second-order valence-electron chi connectivity index (χ2n) is 27.2. The first-order valence-electron chi connectivity index (χ1n) is 37.6. The average molecular weight is 1620 g/mol. The molecule has 6 aromatic rings. The number of carboxylic acid groups (broad SMARTS) is 1. The maximum atomic E-state index is 12.9. The lowest BCUT2D eigenvalue weighted by Crippen LogP contribution is -2.60. The van der Waals surface area contributed by atoms with Crippen molar-refractivity contribution in [1.82, 2.24) is 21.3 Å². The third-order valence-corrected chi connectivity index (χ3v) is 19.1. The largest absolute Gasteiger partial charge is 0.497 e. The van der Waals surface area contributed by atoms with Crippen LogP contribution >= 0.6 is 0 Å². The molecule has 0 saturated carbocycles. The highest BCUT2D eigenvalue weighted by atomic mass is 16.7. The van der Waals surface area contributed by atoms with E-state index in [-0.39, 0.29) is 78.3 Å². The number of primary amides is 2. The molecule has 116 heavy (non-hydrogen) atoms. The summed E-state index contributed by atoms with van der Waals surface area (Å²) in [6, 6.07) is 47.6. The van der Waals surface area contributed by atoms with Gasteiger partial charge in [-0.3, -0.25) is 38.4 Å². The van der Waals surface area contributed by atoms with Crippen LogP contribution in [0.3, 0.4) is 0 Å². The minimum absolute atomic E-state index is 0.0523. The molecule has 2 saturated heterocycles. The smallest absolute Gasteiger partial charge is 0.407 e. The van der Waals surface area contributed by atoms with E-state index in [0.717, 1.165) is 13.8 Å². The number of aliphatic carboxylic acids is 1. The molecule has 626 valence electrons. The first-order valence-corrected chi connectivity index (χ1v) is 37.6. The lowest BCUT2D eigenvalue weighted by molar-refractivity contribution is -0.295. The van der Waals surface area contributed by atoms with E-state index in [9.17, 15) is 58.2 Å². The molecule has 11 atom stereocenters. The average Bonchev–Trinajstić information content (AvgIpc) is 0.752. The third-order valence-electron chi connectivity index (χ3n) is 19.1. The van der Waals surface area contributed by atoms with E-state index in [4.69, 9.17) is 82.5 Å². The molecule has 2 aliphatic rings. The highest BCUT2D eigenvalue weighted by molar-refractivity contribution is 5.78. The molecule has 0 spiro atoms. The standard InChI is InChI=1S/C83H102N6O27/c1-51(90)112-75-65(46-74(98)99)68(49-110-82(54-16-10-8-11-17-54,56-20-28-61(102-4)29-21-56)57-22-30-62(103-5)31-23-57)115-78(66(75)44-70(84)94)106-42-14-38-86-72(96)36-40-88-80(100)108-47-60(93)48-109-81(101)89-41-37-73(97)87-39-15-43-107-79-67(45-71(85)95)76(113-52(2)91)77(114-53(3)92)69(116-79)50-111-83(55-18-12-9-13-19-55,58-24-32-63(104-6)33-25-58)59-26-34-64(105-7)35-27-59/h8-13,16-35,60,65-69,75-79,93H,14-15,36-50H2,1-7H3,(H2,84,94)(H2,85,95)(H,86,96)(H,87,97)(H,88,100)(H,89,101)(H,98,99)/t60?,65-,66+,67+,68-,69+,75+,76+,77-,78+,79+/m0/s1. The van der Waals surface area contributed by atoms with Crippen molar-refractivity contribution in [2.24, 2.45) is 29.2 Å². The van der Waals surface area contributed by atoms with Crippen LogP contribution in [0.5, 0.6) is 23.0 Å². The summed E-state index contributed by atoms with van der Waals surface area (Å²) in [6.07, 6.45) is -13.9. The summed E-state index contributed by atoms with van der Waals surface area (Å²) in [7, 11) is 6.17. The van der Waals surface area contributed by atoms with Crippen molar-refractivity contribution >= 4 is 59.7 Å². The number of methoxy groups -OCH3 is 4. The van der Waals surface area contributed by atoms with Crippen LogP contribution in [-0.2, 0) is 102 Å². The second kappa shape index (κ2) is 45.0. The number of benzene rings is 6. The van der Waals surface area contributed by atoms with Gasteiger partial charge in [-0.15, -0.1) is 0 Å². The number of hydrogen-bond acceptors (Lipinski definition) is 26. The quantitative estimate of drug-likeness (QED) is 0.00940. The molecule has 2 heterocycles. The highest BCUT2D eigenvalue weighted by Crippen LogP contribution is 2.46. The van der Waals surface area contributed by atoms with Gasteiger partial charge < -0.3 is 114 Å². The molecule has 33 nitrogen and oxygen atoms in total. The molecular formula is C83H102N6O27. The van der Waals surface area contributed by atoms with E-state index in [1.54, 1.807) is 77.0 Å². The van der Waals surface area contributed by atoms with Crippen LogP contribution in [0.15, 0.2) is 158 Å². The number of hydrogen-bond donors (Lipinski definition) is 8. The molecule has 6 amide bonds. The summed E-state index contributed by atoms with van der Waals surface area (Å²) in [6.45, 7) is 1.17. The number of ether oxygens (including phenoxy) is 15. The zero-order valence-electron chi connectivity index (χ0n) is 65.6. The van der Waals surface area contributed by atoms with E-state index in [1.165, 1.54) is 6.92 Å².